The van der Waals surface area contributed by atoms with Crippen molar-refractivity contribution < 1.29 is 14.7 Å². The molecule has 1 aromatic heterocycles. The molecule has 0 aliphatic heterocycles. The number of carbonyl (C=O) groups excluding carboxylic acids is 1. The molecule has 1 amide bonds. The molecule has 0 aliphatic rings. The van der Waals surface area contributed by atoms with Crippen LogP contribution in [0.25, 0.3) is 0 Å². The molecule has 0 atom stereocenters. The van der Waals surface area contributed by atoms with Crippen molar-refractivity contribution in [1.29, 1.82) is 0 Å². The third-order valence-corrected chi connectivity index (χ3v) is 2.26. The number of carbonyl (C=O) groups is 2. The van der Waals surface area contributed by atoms with Crippen LogP contribution in [0.4, 0.5) is 5.13 Å². The highest BCUT2D eigenvalue weighted by Gasteiger charge is 2.13. The van der Waals surface area contributed by atoms with Crippen molar-refractivity contribution in [2.75, 3.05) is 5.32 Å². The Hall–Kier alpha value is -1.83. The summed E-state index contributed by atoms with van der Waals surface area (Å²) < 4.78 is 3.45. The SMILES string of the molecule is C/C(C(=O)O)=C(\C)C(=O)Nc1nnns1. The fraction of sp³-hybridized carbons (Fsp3) is 0.286. The van der Waals surface area contributed by atoms with Gasteiger partial charge in [-0.2, -0.15) is 0 Å². The molecule has 0 fully saturated rings. The minimum atomic E-state index is -1.13. The van der Waals surface area contributed by atoms with Crippen molar-refractivity contribution in [1.82, 2.24) is 14.8 Å². The van der Waals surface area contributed by atoms with Crippen LogP contribution in [0.15, 0.2) is 11.1 Å². The summed E-state index contributed by atoms with van der Waals surface area (Å²) in [5.74, 6) is -1.65. The molecule has 0 aromatic carbocycles. The zero-order valence-electron chi connectivity index (χ0n) is 8.01. The third-order valence-electron chi connectivity index (χ3n) is 1.74. The van der Waals surface area contributed by atoms with Crippen LogP contribution in [0.5, 0.6) is 0 Å². The maximum absolute atomic E-state index is 11.4. The molecule has 80 valence electrons. The molecule has 1 rings (SSSR count). The van der Waals surface area contributed by atoms with E-state index in [9.17, 15) is 9.59 Å². The molecule has 0 saturated heterocycles. The summed E-state index contributed by atoms with van der Waals surface area (Å²) >= 11 is 0.915. The lowest BCUT2D eigenvalue weighted by atomic mass is 10.1. The van der Waals surface area contributed by atoms with Crippen molar-refractivity contribution in [2.45, 2.75) is 13.8 Å². The van der Waals surface area contributed by atoms with Gasteiger partial charge in [-0.3, -0.25) is 10.1 Å². The molecule has 0 aliphatic carbocycles. The van der Waals surface area contributed by atoms with Crippen molar-refractivity contribution in [2.24, 2.45) is 0 Å². The van der Waals surface area contributed by atoms with Gasteiger partial charge in [0.25, 0.3) is 5.91 Å². The molecule has 7 nitrogen and oxygen atoms in total. The Labute approximate surface area is 89.0 Å². The largest absolute Gasteiger partial charge is 0.478 e. The first-order chi connectivity index (χ1) is 7.02. The minimum Gasteiger partial charge on any atom is -0.478 e. The van der Waals surface area contributed by atoms with E-state index in [1.54, 1.807) is 0 Å². The molecule has 0 radical (unpaired) electrons. The van der Waals surface area contributed by atoms with Crippen molar-refractivity contribution in [3.8, 4) is 0 Å². The van der Waals surface area contributed by atoms with E-state index in [0.29, 0.717) is 0 Å². The Morgan fingerprint density at radius 3 is 2.47 bits per heavy atom. The highest BCUT2D eigenvalue weighted by molar-refractivity contribution is 7.09. The summed E-state index contributed by atoms with van der Waals surface area (Å²) in [6.45, 7) is 2.78. The maximum atomic E-state index is 11.4. The quantitative estimate of drug-likeness (QED) is 0.720. The Bertz CT molecular complexity index is 412. The van der Waals surface area contributed by atoms with Gasteiger partial charge < -0.3 is 5.11 Å². The van der Waals surface area contributed by atoms with E-state index in [0.717, 1.165) is 11.5 Å². The number of aromatic nitrogens is 3. The van der Waals surface area contributed by atoms with E-state index >= 15 is 0 Å². The van der Waals surface area contributed by atoms with Crippen LogP contribution in [-0.4, -0.2) is 31.8 Å². The molecule has 15 heavy (non-hydrogen) atoms. The number of aliphatic carboxylic acids is 1. The van der Waals surface area contributed by atoms with Gasteiger partial charge in [-0.15, -0.1) is 0 Å². The third kappa shape index (κ3) is 2.81. The van der Waals surface area contributed by atoms with E-state index in [-0.39, 0.29) is 16.3 Å². The number of nitrogens with zero attached hydrogens (tertiary/aromatic N) is 3. The van der Waals surface area contributed by atoms with Crippen LogP contribution in [0.2, 0.25) is 0 Å². The van der Waals surface area contributed by atoms with E-state index < -0.39 is 11.9 Å². The molecule has 1 aromatic rings. The predicted molar refractivity (Wildman–Crippen MR) is 52.3 cm³/mol. The summed E-state index contributed by atoms with van der Waals surface area (Å²) in [5.41, 5.74) is 0.114. The number of nitrogens with one attached hydrogen (secondary N) is 1. The standard InChI is InChI=1S/C7H8N4O3S/c1-3(4(2)6(13)14)5(12)8-7-9-10-11-15-7/h1-2H3,(H,13,14)(H,8,9,11,12)/b4-3-. The number of hydrogen-bond donors (Lipinski definition) is 2. The number of rotatable bonds is 3. The normalized spacial score (nSPS) is 11.9. The first-order valence-electron chi connectivity index (χ1n) is 3.89. The predicted octanol–water partition coefficient (Wildman–Crippen LogP) is 0.293. The van der Waals surface area contributed by atoms with E-state index in [1.165, 1.54) is 13.8 Å². The minimum absolute atomic E-state index is 0.00928. The molecule has 0 saturated carbocycles. The Morgan fingerprint density at radius 1 is 1.33 bits per heavy atom. The van der Waals surface area contributed by atoms with Crippen LogP contribution >= 0.6 is 11.5 Å². The number of anilines is 1. The van der Waals surface area contributed by atoms with Gasteiger partial charge in [0.2, 0.25) is 5.13 Å². The van der Waals surface area contributed by atoms with E-state index in [4.69, 9.17) is 5.11 Å². The van der Waals surface area contributed by atoms with E-state index in [2.05, 4.69) is 20.1 Å². The Balaban J connectivity index is 2.78. The first kappa shape index (κ1) is 11.2. The average molecular weight is 228 g/mol. The van der Waals surface area contributed by atoms with Crippen LogP contribution < -0.4 is 5.32 Å². The lowest BCUT2D eigenvalue weighted by Crippen LogP contribution is -2.16. The second-order valence-corrected chi connectivity index (χ2v) is 3.41. The molecule has 0 spiro atoms. The van der Waals surface area contributed by atoms with Crippen molar-refractivity contribution in [3.05, 3.63) is 11.1 Å². The van der Waals surface area contributed by atoms with Gasteiger partial charge in [-0.1, -0.05) is 9.59 Å². The monoisotopic (exact) mass is 228 g/mol. The van der Waals surface area contributed by atoms with Crippen molar-refractivity contribution >= 4 is 28.5 Å². The van der Waals surface area contributed by atoms with Gasteiger partial charge in [0.1, 0.15) is 0 Å². The van der Waals surface area contributed by atoms with Gasteiger partial charge in [0.05, 0.1) is 0 Å². The van der Waals surface area contributed by atoms with Crippen LogP contribution in [-0.2, 0) is 9.59 Å². The fourth-order valence-electron chi connectivity index (χ4n) is 0.703. The topological polar surface area (TPSA) is 105 Å². The highest BCUT2D eigenvalue weighted by Crippen LogP contribution is 2.09. The zero-order valence-corrected chi connectivity index (χ0v) is 8.83. The smallest absolute Gasteiger partial charge is 0.331 e. The van der Waals surface area contributed by atoms with Gasteiger partial charge in [0, 0.05) is 22.7 Å². The number of carboxylic acid groups (broad SMARTS) is 1. The summed E-state index contributed by atoms with van der Waals surface area (Å²) in [6, 6.07) is 0. The van der Waals surface area contributed by atoms with Crippen LogP contribution in [0, 0.1) is 0 Å². The fourth-order valence-corrected chi connectivity index (χ4v) is 1.07. The summed E-state index contributed by atoms with van der Waals surface area (Å²) in [4.78, 5) is 22.0. The van der Waals surface area contributed by atoms with Gasteiger partial charge >= 0.3 is 5.97 Å². The summed E-state index contributed by atoms with van der Waals surface area (Å²) in [5, 5.41) is 18.0. The lowest BCUT2D eigenvalue weighted by molar-refractivity contribution is -0.133. The number of carboxylic acids is 1. The molecular formula is C7H8N4O3S. The second-order valence-electron chi connectivity index (χ2n) is 2.68. The lowest BCUT2D eigenvalue weighted by Gasteiger charge is -2.02. The zero-order chi connectivity index (χ0) is 11.4. The van der Waals surface area contributed by atoms with Gasteiger partial charge in [-0.05, 0) is 19.1 Å². The summed E-state index contributed by atoms with van der Waals surface area (Å²) in [7, 11) is 0. The molecular weight excluding hydrogens is 220 g/mol. The Kier molecular flexibility index (Phi) is 3.45. The second kappa shape index (κ2) is 4.60. The van der Waals surface area contributed by atoms with Gasteiger partial charge in [-0.25, -0.2) is 4.79 Å². The Morgan fingerprint density at radius 2 is 2.00 bits per heavy atom. The highest BCUT2D eigenvalue weighted by atomic mass is 32.1. The number of amides is 1. The average Bonchev–Trinajstić information content (AvgIpc) is 2.67. The van der Waals surface area contributed by atoms with E-state index in [1.807, 2.05) is 0 Å². The van der Waals surface area contributed by atoms with Crippen molar-refractivity contribution in [3.63, 3.8) is 0 Å². The molecule has 8 heteroatoms. The molecule has 1 heterocycles. The first-order valence-corrected chi connectivity index (χ1v) is 4.67. The van der Waals surface area contributed by atoms with Crippen LogP contribution in [0.3, 0.4) is 0 Å². The molecule has 0 unspecified atom stereocenters. The molecule has 2 N–H and O–H groups in total. The molecule has 0 bridgehead atoms. The summed E-state index contributed by atoms with van der Waals surface area (Å²) in [6.07, 6.45) is 0. The number of hydrogen-bond acceptors (Lipinski definition) is 6. The van der Waals surface area contributed by atoms with Crippen LogP contribution in [0.1, 0.15) is 13.8 Å². The van der Waals surface area contributed by atoms with Gasteiger partial charge in [0.15, 0.2) is 0 Å². The maximum Gasteiger partial charge on any atom is 0.331 e.